The lowest BCUT2D eigenvalue weighted by molar-refractivity contribution is -0.167. The van der Waals surface area contributed by atoms with Crippen LogP contribution >= 0.6 is 0 Å². The summed E-state index contributed by atoms with van der Waals surface area (Å²) in [6.07, 6.45) is -0.365. The van der Waals surface area contributed by atoms with E-state index in [9.17, 15) is 28.8 Å². The second-order valence-corrected chi connectivity index (χ2v) is 10.9. The van der Waals surface area contributed by atoms with Gasteiger partial charge in [-0.25, -0.2) is 4.79 Å². The second-order valence-electron chi connectivity index (χ2n) is 10.9. The molecule has 0 saturated carbocycles. The number of primary amides is 2. The largest absolute Gasteiger partial charge is 0.462 e. The zero-order valence-corrected chi connectivity index (χ0v) is 25.0. The van der Waals surface area contributed by atoms with Gasteiger partial charge in [-0.1, -0.05) is 58.0 Å². The first-order valence-corrected chi connectivity index (χ1v) is 13.8. The summed E-state index contributed by atoms with van der Waals surface area (Å²) in [7, 11) is 0. The van der Waals surface area contributed by atoms with E-state index in [0.29, 0.717) is 12.8 Å². The fourth-order valence-corrected chi connectivity index (χ4v) is 4.24. The van der Waals surface area contributed by atoms with Crippen LogP contribution in [0, 0.1) is 16.7 Å². The quantitative estimate of drug-likeness (QED) is 0.111. The maximum absolute atomic E-state index is 12.9. The minimum atomic E-state index is -1.19. The van der Waals surface area contributed by atoms with Gasteiger partial charge in [0, 0.05) is 12.3 Å². The molecule has 0 aliphatic carbocycles. The second kappa shape index (κ2) is 16.9. The van der Waals surface area contributed by atoms with Gasteiger partial charge in [0.1, 0.15) is 32.4 Å². The number of hydrogen-bond donors (Lipinski definition) is 4. The summed E-state index contributed by atoms with van der Waals surface area (Å²) >= 11 is 0. The van der Waals surface area contributed by atoms with E-state index in [1.54, 1.807) is 38.1 Å². The first kappa shape index (κ1) is 35.9. The molecule has 3 atom stereocenters. The van der Waals surface area contributed by atoms with E-state index in [4.69, 9.17) is 25.7 Å². The topological polar surface area (TPSA) is 206 Å². The van der Waals surface area contributed by atoms with E-state index in [2.05, 4.69) is 10.6 Å². The van der Waals surface area contributed by atoms with E-state index in [1.807, 2.05) is 26.8 Å². The zero-order valence-electron chi connectivity index (χ0n) is 25.0. The van der Waals surface area contributed by atoms with Gasteiger partial charge in [-0.05, 0) is 37.2 Å². The van der Waals surface area contributed by atoms with Crippen molar-refractivity contribution in [3.63, 3.8) is 0 Å². The third-order valence-corrected chi connectivity index (χ3v) is 7.44. The third kappa shape index (κ3) is 11.8. The fraction of sp³-hybridized carbons (Fsp3) is 0.586. The summed E-state index contributed by atoms with van der Waals surface area (Å²) < 4.78 is 15.5. The Morgan fingerprint density at radius 2 is 1.55 bits per heavy atom. The summed E-state index contributed by atoms with van der Waals surface area (Å²) in [5.41, 5.74) is 9.76. The number of rotatable bonds is 18. The number of nitrogens with one attached hydrogen (secondary N) is 2. The van der Waals surface area contributed by atoms with Crippen LogP contribution in [0.25, 0.3) is 0 Å². The number of hydrogen-bond acceptors (Lipinski definition) is 9. The Morgan fingerprint density at radius 1 is 0.929 bits per heavy atom. The minimum absolute atomic E-state index is 0.0326. The highest BCUT2D eigenvalue weighted by Gasteiger charge is 2.47. The molecule has 0 radical (unpaired) electrons. The highest BCUT2D eigenvalue weighted by atomic mass is 16.6. The molecule has 0 fully saturated rings. The highest BCUT2D eigenvalue weighted by molar-refractivity contribution is 5.88. The lowest BCUT2D eigenvalue weighted by Crippen LogP contribution is -2.48. The van der Waals surface area contributed by atoms with Gasteiger partial charge >= 0.3 is 18.0 Å². The van der Waals surface area contributed by atoms with Crippen LogP contribution in [0.15, 0.2) is 30.3 Å². The van der Waals surface area contributed by atoms with E-state index in [1.165, 1.54) is 0 Å². The predicted octanol–water partition coefficient (Wildman–Crippen LogP) is 1.70. The number of ether oxygens (including phenoxy) is 3. The number of benzene rings is 1. The Hall–Kier alpha value is -4.16. The Kier molecular flexibility index (Phi) is 14.5. The molecule has 234 valence electrons. The number of esters is 2. The average molecular weight is 593 g/mol. The number of alkyl carbamates (subject to hydrolysis) is 1. The summed E-state index contributed by atoms with van der Waals surface area (Å²) in [5, 5.41) is 4.70. The Morgan fingerprint density at radius 3 is 2.12 bits per heavy atom. The van der Waals surface area contributed by atoms with Crippen LogP contribution in [-0.4, -0.2) is 61.6 Å². The van der Waals surface area contributed by atoms with Crippen molar-refractivity contribution >= 4 is 35.8 Å². The van der Waals surface area contributed by atoms with Crippen LogP contribution < -0.4 is 22.1 Å². The van der Waals surface area contributed by atoms with Crippen molar-refractivity contribution in [3.05, 3.63) is 35.9 Å². The van der Waals surface area contributed by atoms with Crippen LogP contribution in [-0.2, 0) is 44.8 Å². The van der Waals surface area contributed by atoms with Crippen LogP contribution in [0.2, 0.25) is 0 Å². The Balaban J connectivity index is 2.56. The van der Waals surface area contributed by atoms with Crippen LogP contribution in [0.3, 0.4) is 0 Å². The zero-order chi connectivity index (χ0) is 31.9. The summed E-state index contributed by atoms with van der Waals surface area (Å²) in [4.78, 5) is 72.6. The molecule has 0 aromatic heterocycles. The van der Waals surface area contributed by atoms with Crippen molar-refractivity contribution in [1.29, 1.82) is 0 Å². The summed E-state index contributed by atoms with van der Waals surface area (Å²) in [5.74, 6) is -3.62. The molecule has 1 rings (SSSR count). The highest BCUT2D eigenvalue weighted by Crippen LogP contribution is 2.46. The third-order valence-electron chi connectivity index (χ3n) is 7.44. The molecule has 4 amide bonds. The molecule has 0 aliphatic rings. The first-order valence-electron chi connectivity index (χ1n) is 13.8. The number of amides is 4. The normalized spacial score (nSPS) is 13.9. The molecule has 2 unspecified atom stereocenters. The summed E-state index contributed by atoms with van der Waals surface area (Å²) in [6.45, 7) is 8.00. The van der Waals surface area contributed by atoms with Crippen molar-refractivity contribution in [2.75, 3.05) is 19.8 Å². The van der Waals surface area contributed by atoms with Crippen molar-refractivity contribution in [2.24, 2.45) is 28.2 Å². The monoisotopic (exact) mass is 592 g/mol. The number of carbonyl (C=O) groups is 6. The van der Waals surface area contributed by atoms with Crippen molar-refractivity contribution in [3.8, 4) is 0 Å². The smallest absolute Gasteiger partial charge is 0.408 e. The van der Waals surface area contributed by atoms with E-state index < -0.39 is 65.1 Å². The van der Waals surface area contributed by atoms with Crippen LogP contribution in [0.4, 0.5) is 4.79 Å². The van der Waals surface area contributed by atoms with Gasteiger partial charge in [-0.15, -0.1) is 0 Å². The Labute approximate surface area is 246 Å². The minimum Gasteiger partial charge on any atom is -0.462 e. The summed E-state index contributed by atoms with van der Waals surface area (Å²) in [6, 6.07) is 7.69. The molecule has 1 aromatic rings. The molecule has 0 spiro atoms. The molecule has 6 N–H and O–H groups in total. The van der Waals surface area contributed by atoms with E-state index >= 15 is 0 Å². The number of nitrogens with two attached hydrogens (primary N) is 2. The predicted molar refractivity (Wildman–Crippen MR) is 152 cm³/mol. The lowest BCUT2D eigenvalue weighted by Gasteiger charge is -2.42. The van der Waals surface area contributed by atoms with Gasteiger partial charge in [0.05, 0.1) is 5.41 Å². The lowest BCUT2D eigenvalue weighted by atomic mass is 9.61. The van der Waals surface area contributed by atoms with Gasteiger partial charge in [0.2, 0.25) is 17.7 Å². The van der Waals surface area contributed by atoms with Crippen LogP contribution in [0.5, 0.6) is 0 Å². The molecule has 1 aromatic carbocycles. The van der Waals surface area contributed by atoms with Crippen molar-refractivity contribution < 1.29 is 43.0 Å². The fourth-order valence-electron chi connectivity index (χ4n) is 4.24. The van der Waals surface area contributed by atoms with Gasteiger partial charge in [-0.2, -0.15) is 0 Å². The number of carbonyl (C=O) groups excluding carboxylic acids is 6. The van der Waals surface area contributed by atoms with E-state index in [-0.39, 0.29) is 32.7 Å². The molecule has 0 saturated heterocycles. The SMILES string of the molecule is CCC(C)(C(=O)OCCOC(=O)CNC(=O)[C@H](CCC(N)=O)NC(=O)OCc1ccccc1)C(C)(C)CC(C)C(N)=O. The van der Waals surface area contributed by atoms with Gasteiger partial charge in [0.25, 0.3) is 0 Å². The van der Waals surface area contributed by atoms with Crippen molar-refractivity contribution in [2.45, 2.75) is 73.0 Å². The maximum atomic E-state index is 12.9. The average Bonchev–Trinajstić information content (AvgIpc) is 2.94. The van der Waals surface area contributed by atoms with Crippen LogP contribution in [0.1, 0.15) is 65.9 Å². The molecule has 13 heteroatoms. The van der Waals surface area contributed by atoms with E-state index in [0.717, 1.165) is 5.56 Å². The molecule has 13 nitrogen and oxygen atoms in total. The molecule has 0 bridgehead atoms. The Bertz CT molecular complexity index is 1090. The molecule has 0 heterocycles. The maximum Gasteiger partial charge on any atom is 0.408 e. The first-order chi connectivity index (χ1) is 19.6. The van der Waals surface area contributed by atoms with Gasteiger partial charge in [0.15, 0.2) is 0 Å². The molecular formula is C29H44N4O9. The molecule has 42 heavy (non-hydrogen) atoms. The van der Waals surface area contributed by atoms with Gasteiger partial charge < -0.3 is 36.3 Å². The molecule has 0 aliphatic heterocycles. The standard InChI is InChI=1S/C29H44N4O9/c1-6-29(5,28(3,4)16-19(2)24(31)36)26(38)41-15-14-40-23(35)17-32-25(37)21(12-13-22(30)34)33-27(39)42-18-20-10-8-7-9-11-20/h7-11,19,21H,6,12-18H2,1-5H3,(H2,30,34)(H2,31,36)(H,32,37)(H,33,39)/t19?,21-,29?/m0/s1. The van der Waals surface area contributed by atoms with Crippen molar-refractivity contribution in [1.82, 2.24) is 10.6 Å². The van der Waals surface area contributed by atoms with Gasteiger partial charge in [-0.3, -0.25) is 24.0 Å². The molecular weight excluding hydrogens is 548 g/mol.